The Hall–Kier alpha value is -1.36. The number of likely N-dealkylation sites (N-methyl/N-ethyl adjacent to an activating group) is 1. The number of fused-ring (bicyclic) bond motifs is 1. The number of hydrogen-bond donors (Lipinski definition) is 0. The third-order valence-corrected chi connectivity index (χ3v) is 6.31. The number of aryl methyl sites for hydroxylation is 1. The fourth-order valence-electron chi connectivity index (χ4n) is 3.59. The smallest absolute Gasteiger partial charge is 0.254 e. The monoisotopic (exact) mass is 405 g/mol. The second-order valence-corrected chi connectivity index (χ2v) is 7.09. The minimum Gasteiger partial charge on any atom is -0.334 e. The molecular formula is C19H20INO. The lowest BCUT2D eigenvalue weighted by molar-refractivity contribution is 0.0614. The Morgan fingerprint density at radius 2 is 1.86 bits per heavy atom. The minimum atomic E-state index is -0.0897. The van der Waals surface area contributed by atoms with Gasteiger partial charge in [-0.05, 0) is 24.1 Å². The van der Waals surface area contributed by atoms with Gasteiger partial charge in [0, 0.05) is 22.5 Å². The van der Waals surface area contributed by atoms with Crippen LogP contribution in [0.4, 0.5) is 0 Å². The van der Waals surface area contributed by atoms with Gasteiger partial charge in [0.25, 0.3) is 5.91 Å². The van der Waals surface area contributed by atoms with Crippen molar-refractivity contribution >= 4 is 28.5 Å². The van der Waals surface area contributed by atoms with E-state index in [2.05, 4.69) is 53.8 Å². The summed E-state index contributed by atoms with van der Waals surface area (Å²) < 4.78 is 0.956. The minimum absolute atomic E-state index is 0.0632. The molecule has 2 atom stereocenters. The third-order valence-electron chi connectivity index (χ3n) is 4.72. The highest BCUT2D eigenvalue weighted by atomic mass is 127. The summed E-state index contributed by atoms with van der Waals surface area (Å²) in [6, 6.07) is 16.7. The molecule has 1 heterocycles. The van der Waals surface area contributed by atoms with Crippen molar-refractivity contribution in [3.8, 4) is 0 Å². The van der Waals surface area contributed by atoms with Crippen LogP contribution in [0.1, 0.15) is 40.0 Å². The van der Waals surface area contributed by atoms with E-state index in [-0.39, 0.29) is 17.4 Å². The molecule has 1 amide bonds. The van der Waals surface area contributed by atoms with Crippen molar-refractivity contribution in [3.05, 3.63) is 70.8 Å². The van der Waals surface area contributed by atoms with Gasteiger partial charge < -0.3 is 4.90 Å². The van der Waals surface area contributed by atoms with E-state index in [1.54, 1.807) is 0 Å². The van der Waals surface area contributed by atoms with Gasteiger partial charge in [-0.25, -0.2) is 0 Å². The topological polar surface area (TPSA) is 20.3 Å². The first-order chi connectivity index (χ1) is 10.5. The predicted molar refractivity (Wildman–Crippen MR) is 98.7 cm³/mol. The van der Waals surface area contributed by atoms with E-state index in [9.17, 15) is 4.79 Å². The lowest BCUT2D eigenvalue weighted by atomic mass is 9.69. The highest BCUT2D eigenvalue weighted by Gasteiger charge is 2.46. The van der Waals surface area contributed by atoms with Gasteiger partial charge >= 0.3 is 0 Å². The number of halogens is 1. The van der Waals surface area contributed by atoms with Crippen LogP contribution in [0.15, 0.2) is 48.5 Å². The van der Waals surface area contributed by atoms with Crippen molar-refractivity contribution < 1.29 is 4.79 Å². The second-order valence-electron chi connectivity index (χ2n) is 6.33. The molecule has 114 valence electrons. The van der Waals surface area contributed by atoms with Gasteiger partial charge in [0.1, 0.15) is 0 Å². The van der Waals surface area contributed by atoms with E-state index >= 15 is 0 Å². The van der Waals surface area contributed by atoms with E-state index in [1.165, 1.54) is 11.1 Å². The molecule has 3 heteroatoms. The first-order valence-electron chi connectivity index (χ1n) is 7.48. The lowest BCUT2D eigenvalue weighted by Gasteiger charge is -2.47. The summed E-state index contributed by atoms with van der Waals surface area (Å²) in [5, 5.41) is 0. The van der Waals surface area contributed by atoms with Crippen LogP contribution in [0.25, 0.3) is 0 Å². The van der Waals surface area contributed by atoms with Gasteiger partial charge in [-0.3, -0.25) is 4.79 Å². The second kappa shape index (κ2) is 5.69. The summed E-state index contributed by atoms with van der Waals surface area (Å²) in [4.78, 5) is 14.8. The molecule has 0 N–H and O–H groups in total. The molecule has 0 spiro atoms. The normalized spacial score (nSPS) is 24.3. The number of amides is 1. The average molecular weight is 405 g/mol. The molecule has 2 nitrogen and oxygen atoms in total. The zero-order chi connectivity index (χ0) is 15.9. The van der Waals surface area contributed by atoms with Crippen molar-refractivity contribution in [2.45, 2.75) is 25.3 Å². The maximum atomic E-state index is 12.9. The quantitative estimate of drug-likeness (QED) is 0.532. The first-order valence-corrected chi connectivity index (χ1v) is 9.01. The molecule has 0 saturated heterocycles. The van der Waals surface area contributed by atoms with E-state index < -0.39 is 0 Å². The average Bonchev–Trinajstić information content (AvgIpc) is 2.54. The van der Waals surface area contributed by atoms with Crippen molar-refractivity contribution in [2.75, 3.05) is 11.5 Å². The van der Waals surface area contributed by atoms with Crippen LogP contribution in [0.2, 0.25) is 0 Å². The van der Waals surface area contributed by atoms with Crippen LogP contribution in [-0.4, -0.2) is 22.3 Å². The Morgan fingerprint density at radius 3 is 2.50 bits per heavy atom. The fourth-order valence-corrected chi connectivity index (χ4v) is 4.41. The number of carbonyl (C=O) groups excluding carboxylic acids is 1. The molecule has 3 rings (SSSR count). The summed E-state index contributed by atoms with van der Waals surface area (Å²) in [7, 11) is 1.93. The van der Waals surface area contributed by atoms with Crippen LogP contribution in [0.3, 0.4) is 0 Å². The van der Waals surface area contributed by atoms with Gasteiger partial charge in [0.2, 0.25) is 0 Å². The zero-order valence-electron chi connectivity index (χ0n) is 13.1. The number of hydrogen-bond acceptors (Lipinski definition) is 1. The lowest BCUT2D eigenvalue weighted by Crippen LogP contribution is -2.49. The first kappa shape index (κ1) is 15.5. The van der Waals surface area contributed by atoms with Gasteiger partial charge in [-0.15, -0.1) is 0 Å². The number of nitrogens with zero attached hydrogens (tertiary/aromatic N) is 1. The predicted octanol–water partition coefficient (Wildman–Crippen LogP) is 4.51. The van der Waals surface area contributed by atoms with Gasteiger partial charge in [0.15, 0.2) is 0 Å². The molecule has 0 saturated carbocycles. The van der Waals surface area contributed by atoms with Crippen molar-refractivity contribution in [1.29, 1.82) is 0 Å². The van der Waals surface area contributed by atoms with E-state index in [1.807, 2.05) is 43.1 Å². The Balaban J connectivity index is 2.24. The molecule has 0 fully saturated rings. The van der Waals surface area contributed by atoms with Crippen LogP contribution in [-0.2, 0) is 5.41 Å². The molecule has 2 aromatic rings. The maximum Gasteiger partial charge on any atom is 0.254 e. The molecule has 2 aromatic carbocycles. The maximum absolute atomic E-state index is 12.9. The van der Waals surface area contributed by atoms with Gasteiger partial charge in [-0.2, -0.15) is 0 Å². The standard InChI is InChI=1S/C19H20INO/c1-13-9-10-16-15(11-13)18(22)21(3)17(19(16,2)12-20)14-7-5-4-6-8-14/h4-11,17H,12H2,1-3H3/t17-,19-/m1/s1. The number of rotatable bonds is 2. The van der Waals surface area contributed by atoms with Crippen molar-refractivity contribution in [1.82, 2.24) is 4.90 Å². The van der Waals surface area contributed by atoms with Crippen LogP contribution in [0, 0.1) is 6.92 Å². The Kier molecular flexibility index (Phi) is 4.02. The summed E-state index contributed by atoms with van der Waals surface area (Å²) in [5.74, 6) is 0.120. The highest BCUT2D eigenvalue weighted by Crippen LogP contribution is 2.47. The molecule has 0 radical (unpaired) electrons. The molecule has 0 unspecified atom stereocenters. The van der Waals surface area contributed by atoms with Crippen molar-refractivity contribution in [2.24, 2.45) is 0 Å². The molecule has 0 aliphatic carbocycles. The number of alkyl halides is 1. The van der Waals surface area contributed by atoms with Gasteiger partial charge in [-0.1, -0.05) is 77.5 Å². The van der Waals surface area contributed by atoms with Crippen molar-refractivity contribution in [3.63, 3.8) is 0 Å². The Labute approximate surface area is 145 Å². The Morgan fingerprint density at radius 1 is 1.18 bits per heavy atom. The Bertz CT molecular complexity index is 713. The summed E-state index contributed by atoms with van der Waals surface area (Å²) in [6.45, 7) is 4.31. The molecule has 0 aromatic heterocycles. The van der Waals surface area contributed by atoms with Crippen LogP contribution < -0.4 is 0 Å². The SMILES string of the molecule is Cc1ccc2c(c1)C(=O)N(C)[C@H](c1ccccc1)[C@]2(C)CI. The third kappa shape index (κ3) is 2.26. The highest BCUT2D eigenvalue weighted by molar-refractivity contribution is 14.1. The molecule has 1 aliphatic rings. The van der Waals surface area contributed by atoms with E-state index in [0.29, 0.717) is 0 Å². The fraction of sp³-hybridized carbons (Fsp3) is 0.316. The largest absolute Gasteiger partial charge is 0.334 e. The number of carbonyl (C=O) groups is 1. The van der Waals surface area contributed by atoms with E-state index in [4.69, 9.17) is 0 Å². The molecule has 1 aliphatic heterocycles. The molecular weight excluding hydrogens is 385 g/mol. The molecule has 0 bridgehead atoms. The zero-order valence-corrected chi connectivity index (χ0v) is 15.3. The van der Waals surface area contributed by atoms with Gasteiger partial charge in [0.05, 0.1) is 6.04 Å². The van der Waals surface area contributed by atoms with Crippen LogP contribution >= 0.6 is 22.6 Å². The summed E-state index contributed by atoms with van der Waals surface area (Å²) in [5.41, 5.74) is 4.27. The van der Waals surface area contributed by atoms with E-state index in [0.717, 1.165) is 15.6 Å². The summed E-state index contributed by atoms with van der Waals surface area (Å²) in [6.07, 6.45) is 0. The summed E-state index contributed by atoms with van der Waals surface area (Å²) >= 11 is 2.45. The number of benzene rings is 2. The molecule has 22 heavy (non-hydrogen) atoms. The van der Waals surface area contributed by atoms with Crippen LogP contribution in [0.5, 0.6) is 0 Å².